The van der Waals surface area contributed by atoms with Crippen molar-refractivity contribution in [3.05, 3.63) is 23.8 Å². The quantitative estimate of drug-likeness (QED) is 0.685. The van der Waals surface area contributed by atoms with Crippen LogP contribution in [0.1, 0.15) is 16.8 Å². The Hall–Kier alpha value is -2.24. The van der Waals surface area contributed by atoms with E-state index >= 15 is 0 Å². The molecular formula is C12H13NO5. The largest absolute Gasteiger partial charge is 0.504 e. The second-order valence-corrected chi connectivity index (χ2v) is 4.38. The molecule has 0 spiro atoms. The van der Waals surface area contributed by atoms with Gasteiger partial charge in [0.2, 0.25) is 0 Å². The molecule has 1 fully saturated rings. The fraction of sp³-hybridized carbons (Fsp3) is 0.333. The number of carboxylic acid groups (broad SMARTS) is 1. The number of hydrogen-bond donors (Lipinski definition) is 3. The van der Waals surface area contributed by atoms with Crippen LogP contribution in [0.15, 0.2) is 18.2 Å². The smallest absolute Gasteiger partial charge is 0.303 e. The fourth-order valence-corrected chi connectivity index (χ4v) is 1.95. The number of rotatable bonds is 3. The molecule has 96 valence electrons. The van der Waals surface area contributed by atoms with Crippen LogP contribution in [0.2, 0.25) is 0 Å². The minimum Gasteiger partial charge on any atom is -0.504 e. The molecule has 2 rings (SSSR count). The number of hydrogen-bond acceptors (Lipinski definition) is 4. The summed E-state index contributed by atoms with van der Waals surface area (Å²) >= 11 is 0. The van der Waals surface area contributed by atoms with Crippen LogP contribution < -0.4 is 0 Å². The first-order valence-corrected chi connectivity index (χ1v) is 5.50. The molecule has 1 amide bonds. The molecule has 1 aliphatic heterocycles. The van der Waals surface area contributed by atoms with Crippen molar-refractivity contribution in [2.75, 3.05) is 13.1 Å². The molecule has 0 atom stereocenters. The molecule has 0 aliphatic carbocycles. The van der Waals surface area contributed by atoms with Crippen LogP contribution in [-0.4, -0.2) is 45.2 Å². The summed E-state index contributed by atoms with van der Waals surface area (Å²) in [6.45, 7) is 0.819. The van der Waals surface area contributed by atoms with Gasteiger partial charge < -0.3 is 20.2 Å². The Bertz CT molecular complexity index is 493. The summed E-state index contributed by atoms with van der Waals surface area (Å²) in [5.74, 6) is -1.76. The maximum Gasteiger partial charge on any atom is 0.303 e. The lowest BCUT2D eigenvalue weighted by atomic mass is 9.95. The summed E-state index contributed by atoms with van der Waals surface area (Å²) in [4.78, 5) is 23.9. The van der Waals surface area contributed by atoms with Crippen LogP contribution in [-0.2, 0) is 4.79 Å². The third-order valence-electron chi connectivity index (χ3n) is 2.93. The number of carbonyl (C=O) groups is 2. The number of benzene rings is 1. The van der Waals surface area contributed by atoms with Gasteiger partial charge in [-0.1, -0.05) is 0 Å². The van der Waals surface area contributed by atoms with Crippen LogP contribution in [0.5, 0.6) is 11.5 Å². The van der Waals surface area contributed by atoms with E-state index in [1.165, 1.54) is 23.1 Å². The summed E-state index contributed by atoms with van der Waals surface area (Å²) in [7, 11) is 0. The summed E-state index contributed by atoms with van der Waals surface area (Å²) in [6.07, 6.45) is 0.0601. The maximum atomic E-state index is 11.9. The van der Waals surface area contributed by atoms with Gasteiger partial charge in [-0.2, -0.15) is 0 Å². The van der Waals surface area contributed by atoms with E-state index in [1.54, 1.807) is 0 Å². The zero-order valence-corrected chi connectivity index (χ0v) is 9.54. The molecule has 1 aromatic rings. The Morgan fingerprint density at radius 2 is 1.89 bits per heavy atom. The van der Waals surface area contributed by atoms with Crippen LogP contribution in [0.3, 0.4) is 0 Å². The van der Waals surface area contributed by atoms with Crippen molar-refractivity contribution in [2.24, 2.45) is 5.92 Å². The molecular weight excluding hydrogens is 238 g/mol. The monoisotopic (exact) mass is 251 g/mol. The highest BCUT2D eigenvalue weighted by atomic mass is 16.4. The maximum absolute atomic E-state index is 11.9. The van der Waals surface area contributed by atoms with Crippen molar-refractivity contribution in [3.63, 3.8) is 0 Å². The zero-order valence-electron chi connectivity index (χ0n) is 9.54. The van der Waals surface area contributed by atoms with Crippen molar-refractivity contribution in [3.8, 4) is 11.5 Å². The van der Waals surface area contributed by atoms with E-state index in [9.17, 15) is 14.7 Å². The highest BCUT2D eigenvalue weighted by molar-refractivity contribution is 5.95. The van der Waals surface area contributed by atoms with Crippen molar-refractivity contribution in [2.45, 2.75) is 6.42 Å². The Balaban J connectivity index is 1.97. The van der Waals surface area contributed by atoms with Crippen LogP contribution in [0, 0.1) is 5.92 Å². The Labute approximate surface area is 103 Å². The second-order valence-electron chi connectivity index (χ2n) is 4.38. The molecule has 1 aliphatic rings. The first-order chi connectivity index (χ1) is 8.47. The molecule has 3 N–H and O–H groups in total. The van der Waals surface area contributed by atoms with Gasteiger partial charge >= 0.3 is 5.97 Å². The summed E-state index contributed by atoms with van der Waals surface area (Å²) < 4.78 is 0. The lowest BCUT2D eigenvalue weighted by Gasteiger charge is -2.38. The third-order valence-corrected chi connectivity index (χ3v) is 2.93. The van der Waals surface area contributed by atoms with Crippen LogP contribution in [0.4, 0.5) is 0 Å². The molecule has 0 bridgehead atoms. The molecule has 1 aromatic carbocycles. The van der Waals surface area contributed by atoms with E-state index in [-0.39, 0.29) is 35.3 Å². The molecule has 0 saturated carbocycles. The molecule has 0 aromatic heterocycles. The molecule has 1 saturated heterocycles. The van der Waals surface area contributed by atoms with Gasteiger partial charge in [-0.25, -0.2) is 0 Å². The van der Waals surface area contributed by atoms with E-state index in [2.05, 4.69) is 0 Å². The Morgan fingerprint density at radius 3 is 2.44 bits per heavy atom. The van der Waals surface area contributed by atoms with Gasteiger partial charge in [0.25, 0.3) is 5.91 Å². The van der Waals surface area contributed by atoms with E-state index < -0.39 is 5.97 Å². The minimum atomic E-state index is -0.866. The molecule has 6 heteroatoms. The predicted octanol–water partition coefficient (Wildman–Crippen LogP) is 0.644. The van der Waals surface area contributed by atoms with E-state index in [0.717, 1.165) is 0 Å². The number of likely N-dealkylation sites (tertiary alicyclic amines) is 1. The van der Waals surface area contributed by atoms with Gasteiger partial charge in [0.1, 0.15) is 0 Å². The Kier molecular flexibility index (Phi) is 3.10. The topological polar surface area (TPSA) is 98.1 Å². The van der Waals surface area contributed by atoms with Gasteiger partial charge in [-0.05, 0) is 18.2 Å². The van der Waals surface area contributed by atoms with Crippen LogP contribution in [0.25, 0.3) is 0 Å². The van der Waals surface area contributed by atoms with E-state index in [0.29, 0.717) is 13.1 Å². The molecule has 0 unspecified atom stereocenters. The van der Waals surface area contributed by atoms with Gasteiger partial charge in [0, 0.05) is 24.6 Å². The van der Waals surface area contributed by atoms with Gasteiger partial charge in [-0.15, -0.1) is 0 Å². The lowest BCUT2D eigenvalue weighted by Crippen LogP contribution is -2.50. The van der Waals surface area contributed by atoms with Gasteiger partial charge in [0.15, 0.2) is 11.5 Å². The first-order valence-electron chi connectivity index (χ1n) is 5.50. The number of carboxylic acids is 1. The second kappa shape index (κ2) is 4.56. The van der Waals surface area contributed by atoms with Gasteiger partial charge in [0.05, 0.1) is 6.42 Å². The van der Waals surface area contributed by atoms with Crippen molar-refractivity contribution < 1.29 is 24.9 Å². The van der Waals surface area contributed by atoms with E-state index in [1.807, 2.05) is 0 Å². The van der Waals surface area contributed by atoms with Crippen LogP contribution >= 0.6 is 0 Å². The average Bonchev–Trinajstić information content (AvgIpc) is 2.25. The number of aliphatic carboxylic acids is 1. The summed E-state index contributed by atoms with van der Waals surface area (Å²) in [6, 6.07) is 3.86. The highest BCUT2D eigenvalue weighted by Crippen LogP contribution is 2.27. The molecule has 18 heavy (non-hydrogen) atoms. The van der Waals surface area contributed by atoms with Crippen molar-refractivity contribution in [1.29, 1.82) is 0 Å². The van der Waals surface area contributed by atoms with Gasteiger partial charge in [-0.3, -0.25) is 9.59 Å². The predicted molar refractivity (Wildman–Crippen MR) is 61.4 cm³/mol. The summed E-state index contributed by atoms with van der Waals surface area (Å²) in [5.41, 5.74) is 0.277. The average molecular weight is 251 g/mol. The number of phenolic OH excluding ortho intramolecular Hbond substituents is 2. The lowest BCUT2D eigenvalue weighted by molar-refractivity contribution is -0.139. The van der Waals surface area contributed by atoms with E-state index in [4.69, 9.17) is 10.2 Å². The normalized spacial score (nSPS) is 15.2. The standard InChI is InChI=1S/C12H13NO5/c14-9-2-1-8(4-10(9)15)12(18)13-5-7(6-13)3-11(16)17/h1-2,4,7,14-15H,3,5-6H2,(H,16,17). The first kappa shape index (κ1) is 12.2. The molecule has 0 radical (unpaired) electrons. The fourth-order valence-electron chi connectivity index (χ4n) is 1.95. The minimum absolute atomic E-state index is 0.00263. The zero-order chi connectivity index (χ0) is 13.3. The highest BCUT2D eigenvalue weighted by Gasteiger charge is 2.32. The number of carbonyl (C=O) groups excluding carboxylic acids is 1. The number of nitrogens with zero attached hydrogens (tertiary/aromatic N) is 1. The van der Waals surface area contributed by atoms with Crippen molar-refractivity contribution >= 4 is 11.9 Å². The number of amides is 1. The SMILES string of the molecule is O=C(O)CC1CN(C(=O)c2ccc(O)c(O)c2)C1. The third kappa shape index (κ3) is 2.37. The molecule has 6 nitrogen and oxygen atoms in total. The number of phenols is 2. The molecule has 1 heterocycles. The van der Waals surface area contributed by atoms with Crippen molar-refractivity contribution in [1.82, 2.24) is 4.90 Å². The number of aromatic hydroxyl groups is 2. The Morgan fingerprint density at radius 1 is 1.22 bits per heavy atom. The summed E-state index contributed by atoms with van der Waals surface area (Å²) in [5, 5.41) is 27.0.